The fraction of sp³-hybridized carbons (Fsp3) is 0.500. The molecule has 1 aromatic rings. The normalized spacial score (nSPS) is 28.1. The van der Waals surface area contributed by atoms with E-state index in [1.54, 1.807) is 37.3 Å². The number of esters is 1. The van der Waals surface area contributed by atoms with Crippen molar-refractivity contribution in [3.8, 4) is 0 Å². The average Bonchev–Trinajstić information content (AvgIpc) is 2.36. The molecule has 2 rings (SSSR count). The number of hydrogen-bond donors (Lipinski definition) is 1. The molecule has 0 aliphatic carbocycles. The number of piperidine rings is 1. The van der Waals surface area contributed by atoms with Crippen LogP contribution >= 0.6 is 0 Å². The zero-order valence-corrected chi connectivity index (χ0v) is 9.82. The van der Waals surface area contributed by atoms with Gasteiger partial charge in [-0.1, -0.05) is 30.3 Å². The van der Waals surface area contributed by atoms with Crippen LogP contribution in [0.4, 0.5) is 0 Å². The summed E-state index contributed by atoms with van der Waals surface area (Å²) in [5.74, 6) is -0.578. The molecule has 3 heteroatoms. The zero-order valence-electron chi connectivity index (χ0n) is 13.8. The molecule has 1 aromatic carbocycles. The summed E-state index contributed by atoms with van der Waals surface area (Å²) in [4.78, 5) is 12.5. The minimum atomic E-state index is -2.00. The van der Waals surface area contributed by atoms with Gasteiger partial charge in [-0.2, -0.15) is 0 Å². The lowest BCUT2D eigenvalue weighted by atomic mass is 9.73. The Morgan fingerprint density at radius 1 is 1.41 bits per heavy atom. The molecule has 1 N–H and O–H groups in total. The predicted molar refractivity (Wildman–Crippen MR) is 66.9 cm³/mol. The maximum Gasteiger partial charge on any atom is 0.316 e. The number of rotatable bonds is 3. The van der Waals surface area contributed by atoms with E-state index in [9.17, 15) is 4.79 Å². The first-order chi connectivity index (χ1) is 9.71. The van der Waals surface area contributed by atoms with Gasteiger partial charge in [0.05, 0.1) is 12.0 Å². The molecule has 0 spiro atoms. The molecule has 0 bridgehead atoms. The van der Waals surface area contributed by atoms with Crippen molar-refractivity contribution in [2.24, 2.45) is 0 Å². The first-order valence-electron chi connectivity index (χ1n) is 7.73. The van der Waals surface area contributed by atoms with Gasteiger partial charge in [0.15, 0.2) is 0 Å². The largest absolute Gasteiger partial charge is 0.465 e. The Bertz CT molecular complexity index is 503. The summed E-state index contributed by atoms with van der Waals surface area (Å²) in [5.41, 5.74) is -0.743. The molecule has 0 aromatic heterocycles. The van der Waals surface area contributed by atoms with Crippen molar-refractivity contribution < 1.29 is 15.0 Å². The maximum atomic E-state index is 12.5. The van der Waals surface area contributed by atoms with Gasteiger partial charge in [0.1, 0.15) is 0 Å². The van der Waals surface area contributed by atoms with Crippen LogP contribution in [0.1, 0.15) is 30.8 Å². The van der Waals surface area contributed by atoms with E-state index in [1.807, 2.05) is 0 Å². The third kappa shape index (κ3) is 2.34. The van der Waals surface area contributed by atoms with E-state index in [1.165, 1.54) is 0 Å². The van der Waals surface area contributed by atoms with E-state index in [0.29, 0.717) is 5.56 Å². The second-order valence-corrected chi connectivity index (χ2v) is 4.00. The van der Waals surface area contributed by atoms with Crippen LogP contribution in [0.5, 0.6) is 0 Å². The zero-order chi connectivity index (χ0) is 15.7. The van der Waals surface area contributed by atoms with Gasteiger partial charge in [-0.15, -0.1) is 0 Å². The van der Waals surface area contributed by atoms with E-state index < -0.39 is 24.4 Å². The smallest absolute Gasteiger partial charge is 0.316 e. The second kappa shape index (κ2) is 5.32. The monoisotopic (exact) mass is 237 g/mol. The molecule has 0 saturated carbocycles. The van der Waals surface area contributed by atoms with Crippen LogP contribution in [0.2, 0.25) is 0 Å². The molecule has 92 valence electrons. The van der Waals surface area contributed by atoms with E-state index >= 15 is 0 Å². The van der Waals surface area contributed by atoms with E-state index in [-0.39, 0.29) is 19.4 Å². The third-order valence-corrected chi connectivity index (χ3v) is 2.95. The van der Waals surface area contributed by atoms with Crippen molar-refractivity contribution in [3.63, 3.8) is 0 Å². The molecule has 3 nitrogen and oxygen atoms in total. The predicted octanol–water partition coefficient (Wildman–Crippen LogP) is 1.87. The lowest BCUT2D eigenvalue weighted by molar-refractivity contribution is -0.151. The van der Waals surface area contributed by atoms with Crippen molar-refractivity contribution in [2.45, 2.75) is 25.2 Å². The van der Waals surface area contributed by atoms with Gasteiger partial charge in [-0.3, -0.25) is 4.79 Å². The molecule has 1 saturated heterocycles. The molecule has 0 radical (unpaired) electrons. The Morgan fingerprint density at radius 2 is 2.06 bits per heavy atom. The molecule has 1 heterocycles. The summed E-state index contributed by atoms with van der Waals surface area (Å²) in [6.45, 7) is -2.14. The average molecular weight is 237 g/mol. The molecule has 1 aliphatic rings. The van der Waals surface area contributed by atoms with Crippen molar-refractivity contribution >= 4 is 5.97 Å². The number of ether oxygens (including phenoxy) is 1. The number of hydrogen-bond acceptors (Lipinski definition) is 3. The third-order valence-electron chi connectivity index (χ3n) is 2.95. The Morgan fingerprint density at radius 3 is 2.65 bits per heavy atom. The van der Waals surface area contributed by atoms with Gasteiger partial charge < -0.3 is 10.1 Å². The fourth-order valence-corrected chi connectivity index (χ4v) is 2.01. The summed E-state index contributed by atoms with van der Waals surface area (Å²) >= 11 is 0. The number of benzene rings is 1. The maximum absolute atomic E-state index is 12.5. The molecule has 0 amide bonds. The van der Waals surface area contributed by atoms with E-state index in [2.05, 4.69) is 5.32 Å². The highest BCUT2D eigenvalue weighted by Gasteiger charge is 2.42. The highest BCUT2D eigenvalue weighted by Crippen LogP contribution is 2.34. The van der Waals surface area contributed by atoms with Crippen LogP contribution in [0.3, 0.4) is 0 Å². The number of carbonyl (C=O) groups is 1. The summed E-state index contributed by atoms with van der Waals surface area (Å²) in [7, 11) is 0. The van der Waals surface area contributed by atoms with Gasteiger partial charge in [0, 0.05) is 5.48 Å². The van der Waals surface area contributed by atoms with Crippen LogP contribution in [-0.2, 0) is 14.9 Å². The number of carbonyl (C=O) groups excluding carboxylic acids is 1. The first-order valence-corrected chi connectivity index (χ1v) is 5.73. The SMILES string of the molecule is [2H]C1([2H])CC(C(=O)OCC)(c2ccccc2)CC([2H])([2H])N1. The quantitative estimate of drug-likeness (QED) is 0.816. The molecule has 1 aliphatic heterocycles. The first kappa shape index (κ1) is 7.88. The van der Waals surface area contributed by atoms with Gasteiger partial charge in [-0.25, -0.2) is 0 Å². The lowest BCUT2D eigenvalue weighted by Crippen LogP contribution is -2.46. The summed E-state index contributed by atoms with van der Waals surface area (Å²) in [6, 6.07) is 8.74. The van der Waals surface area contributed by atoms with Crippen molar-refractivity contribution in [3.05, 3.63) is 35.9 Å². The van der Waals surface area contributed by atoms with Gasteiger partial charge in [0.25, 0.3) is 0 Å². The van der Waals surface area contributed by atoms with Crippen molar-refractivity contribution in [1.29, 1.82) is 0 Å². The Balaban J connectivity index is 2.53. The summed E-state index contributed by atoms with van der Waals surface area (Å²) in [5, 5.41) is 2.31. The van der Waals surface area contributed by atoms with Gasteiger partial charge in [-0.05, 0) is 38.3 Å². The molecule has 17 heavy (non-hydrogen) atoms. The lowest BCUT2D eigenvalue weighted by Gasteiger charge is -2.35. The van der Waals surface area contributed by atoms with E-state index in [0.717, 1.165) is 0 Å². The standard InChI is InChI=1S/C14H19NO2/c1-2-17-13(16)14(8-10-15-11-9-14)12-6-4-3-5-7-12/h3-7,15H,2,8-11H2,1H3/i10D2,11D2. The fourth-order valence-electron chi connectivity index (χ4n) is 2.01. The summed E-state index contributed by atoms with van der Waals surface area (Å²) in [6.07, 6.45) is -0.329. The molecule has 0 atom stereocenters. The molecular formula is C14H19NO2. The molecule has 0 unspecified atom stereocenters. The van der Waals surface area contributed by atoms with Crippen LogP contribution in [0.25, 0.3) is 0 Å². The topological polar surface area (TPSA) is 38.3 Å². The number of nitrogens with one attached hydrogen (secondary N) is 1. The van der Waals surface area contributed by atoms with Crippen LogP contribution in [0, 0.1) is 0 Å². The minimum Gasteiger partial charge on any atom is -0.465 e. The highest BCUT2D eigenvalue weighted by molar-refractivity contribution is 5.83. The van der Waals surface area contributed by atoms with Crippen LogP contribution in [-0.4, -0.2) is 25.6 Å². The second-order valence-electron chi connectivity index (χ2n) is 4.00. The molecule has 1 fully saturated rings. The Hall–Kier alpha value is -1.35. The van der Waals surface area contributed by atoms with Crippen LogP contribution < -0.4 is 5.32 Å². The molecular weight excluding hydrogens is 214 g/mol. The highest BCUT2D eigenvalue weighted by atomic mass is 16.5. The Kier molecular flexibility index (Phi) is 2.47. The minimum absolute atomic E-state index is 0.164. The van der Waals surface area contributed by atoms with Gasteiger partial charge in [0.2, 0.25) is 0 Å². The van der Waals surface area contributed by atoms with Crippen LogP contribution in [0.15, 0.2) is 30.3 Å². The Labute approximate surface area is 108 Å². The van der Waals surface area contributed by atoms with E-state index in [4.69, 9.17) is 10.2 Å². The van der Waals surface area contributed by atoms with Crippen molar-refractivity contribution in [2.75, 3.05) is 19.6 Å². The summed E-state index contributed by atoms with van der Waals surface area (Å²) < 4.78 is 36.8. The van der Waals surface area contributed by atoms with Gasteiger partial charge >= 0.3 is 5.97 Å². The van der Waals surface area contributed by atoms with Crippen molar-refractivity contribution in [1.82, 2.24) is 5.32 Å².